The van der Waals surface area contributed by atoms with Crippen molar-refractivity contribution in [3.05, 3.63) is 29.6 Å². The zero-order valence-electron chi connectivity index (χ0n) is 10.8. The molecule has 1 atom stereocenters. The van der Waals surface area contributed by atoms with E-state index in [0.29, 0.717) is 23.8 Å². The third kappa shape index (κ3) is 4.98. The van der Waals surface area contributed by atoms with Crippen LogP contribution in [0, 0.1) is 23.6 Å². The Labute approximate surface area is 113 Å². The molecule has 1 aromatic carbocycles. The summed E-state index contributed by atoms with van der Waals surface area (Å²) in [6.45, 7) is 4.83. The van der Waals surface area contributed by atoms with E-state index in [-0.39, 0.29) is 11.7 Å². The van der Waals surface area contributed by atoms with E-state index >= 15 is 0 Å². The number of halogens is 2. The van der Waals surface area contributed by atoms with Crippen LogP contribution in [0.4, 0.5) is 4.39 Å². The smallest absolute Gasteiger partial charge is 0.137 e. The van der Waals surface area contributed by atoms with E-state index < -0.39 is 0 Å². The van der Waals surface area contributed by atoms with Gasteiger partial charge >= 0.3 is 0 Å². The predicted molar refractivity (Wildman–Crippen MR) is 73.6 cm³/mol. The van der Waals surface area contributed by atoms with Gasteiger partial charge in [-0.25, -0.2) is 4.39 Å². The number of rotatable bonds is 5. The Hall–Kier alpha value is -1.20. The summed E-state index contributed by atoms with van der Waals surface area (Å²) in [7, 11) is 0. The van der Waals surface area contributed by atoms with Crippen molar-refractivity contribution in [1.29, 1.82) is 0 Å². The molecule has 0 aromatic heterocycles. The standard InChI is InChI=1S/C15H18ClFO/c1-3-5-12(2)11-18-15-10-14(17)8-7-13(15)6-4-9-16/h7-8,10,12H,3,5,9,11H2,1-2H3. The van der Waals surface area contributed by atoms with E-state index in [9.17, 15) is 4.39 Å². The molecule has 1 unspecified atom stereocenters. The van der Waals surface area contributed by atoms with Crippen molar-refractivity contribution in [3.8, 4) is 17.6 Å². The first-order valence-electron chi connectivity index (χ1n) is 6.14. The normalized spacial score (nSPS) is 11.6. The lowest BCUT2D eigenvalue weighted by Gasteiger charge is -2.13. The lowest BCUT2D eigenvalue weighted by Crippen LogP contribution is -2.09. The molecule has 1 rings (SSSR count). The molecule has 1 aromatic rings. The van der Waals surface area contributed by atoms with E-state index in [1.807, 2.05) is 0 Å². The summed E-state index contributed by atoms with van der Waals surface area (Å²) in [5, 5.41) is 0. The Morgan fingerprint density at radius 3 is 2.89 bits per heavy atom. The SMILES string of the molecule is CCCC(C)COc1cc(F)ccc1C#CCCl. The van der Waals surface area contributed by atoms with Gasteiger partial charge in [-0.05, 0) is 24.5 Å². The molecule has 0 N–H and O–H groups in total. The molecule has 0 bridgehead atoms. The van der Waals surface area contributed by atoms with Crippen LogP contribution in [0.2, 0.25) is 0 Å². The second kappa shape index (κ2) is 8.00. The van der Waals surface area contributed by atoms with Crippen molar-refractivity contribution in [3.63, 3.8) is 0 Å². The largest absolute Gasteiger partial charge is 0.492 e. The van der Waals surface area contributed by atoms with Gasteiger partial charge in [0, 0.05) is 6.07 Å². The zero-order valence-corrected chi connectivity index (χ0v) is 11.6. The maximum atomic E-state index is 13.2. The van der Waals surface area contributed by atoms with Crippen LogP contribution in [0.15, 0.2) is 18.2 Å². The number of ether oxygens (including phenoxy) is 1. The van der Waals surface area contributed by atoms with E-state index in [2.05, 4.69) is 25.7 Å². The summed E-state index contributed by atoms with van der Waals surface area (Å²) >= 11 is 5.52. The van der Waals surface area contributed by atoms with Gasteiger partial charge in [-0.3, -0.25) is 0 Å². The summed E-state index contributed by atoms with van der Waals surface area (Å²) in [6, 6.07) is 4.37. The summed E-state index contributed by atoms with van der Waals surface area (Å²) in [4.78, 5) is 0. The van der Waals surface area contributed by atoms with Crippen molar-refractivity contribution < 1.29 is 9.13 Å². The van der Waals surface area contributed by atoms with E-state index in [1.165, 1.54) is 12.1 Å². The van der Waals surface area contributed by atoms with Gasteiger partial charge in [0.05, 0.1) is 18.1 Å². The van der Waals surface area contributed by atoms with Gasteiger partial charge in [0.2, 0.25) is 0 Å². The second-order valence-corrected chi connectivity index (χ2v) is 4.55. The molecule has 0 fully saturated rings. The van der Waals surface area contributed by atoms with Crippen LogP contribution in [0.5, 0.6) is 5.75 Å². The van der Waals surface area contributed by atoms with Crippen LogP contribution in [0.25, 0.3) is 0 Å². The van der Waals surface area contributed by atoms with Crippen LogP contribution in [0.3, 0.4) is 0 Å². The molecule has 18 heavy (non-hydrogen) atoms. The molecule has 98 valence electrons. The Balaban J connectivity index is 2.76. The molecular weight excluding hydrogens is 251 g/mol. The highest BCUT2D eigenvalue weighted by molar-refractivity contribution is 6.19. The van der Waals surface area contributed by atoms with E-state index in [1.54, 1.807) is 6.07 Å². The number of benzene rings is 1. The fourth-order valence-corrected chi connectivity index (χ4v) is 1.72. The van der Waals surface area contributed by atoms with E-state index in [4.69, 9.17) is 16.3 Å². The summed E-state index contributed by atoms with van der Waals surface area (Å²) < 4.78 is 18.8. The molecule has 0 saturated heterocycles. The third-order valence-corrected chi connectivity index (χ3v) is 2.67. The van der Waals surface area contributed by atoms with Crippen LogP contribution in [-0.2, 0) is 0 Å². The number of alkyl halides is 1. The minimum Gasteiger partial charge on any atom is -0.492 e. The molecular formula is C15H18ClFO. The van der Waals surface area contributed by atoms with Crippen molar-refractivity contribution in [2.24, 2.45) is 5.92 Å². The first kappa shape index (κ1) is 14.9. The van der Waals surface area contributed by atoms with Crippen LogP contribution in [0.1, 0.15) is 32.3 Å². The molecule has 0 aliphatic heterocycles. The highest BCUT2D eigenvalue weighted by Crippen LogP contribution is 2.20. The highest BCUT2D eigenvalue weighted by atomic mass is 35.5. The first-order chi connectivity index (χ1) is 8.67. The maximum absolute atomic E-state index is 13.2. The second-order valence-electron chi connectivity index (χ2n) is 4.28. The van der Waals surface area contributed by atoms with Gasteiger partial charge in [0.15, 0.2) is 0 Å². The van der Waals surface area contributed by atoms with Crippen molar-refractivity contribution >= 4 is 11.6 Å². The number of hydrogen-bond acceptors (Lipinski definition) is 1. The molecule has 0 saturated carbocycles. The number of hydrogen-bond donors (Lipinski definition) is 0. The van der Waals surface area contributed by atoms with Crippen molar-refractivity contribution in [1.82, 2.24) is 0 Å². The molecule has 3 heteroatoms. The molecule has 0 heterocycles. The van der Waals surface area contributed by atoms with Gasteiger partial charge in [-0.15, -0.1) is 11.6 Å². The third-order valence-electron chi connectivity index (χ3n) is 2.54. The minimum atomic E-state index is -0.315. The van der Waals surface area contributed by atoms with Crippen LogP contribution < -0.4 is 4.74 Å². The molecule has 0 spiro atoms. The van der Waals surface area contributed by atoms with Gasteiger partial charge in [0.25, 0.3) is 0 Å². The maximum Gasteiger partial charge on any atom is 0.137 e. The topological polar surface area (TPSA) is 9.23 Å². The van der Waals surface area contributed by atoms with Gasteiger partial charge in [-0.1, -0.05) is 32.1 Å². The minimum absolute atomic E-state index is 0.253. The monoisotopic (exact) mass is 268 g/mol. The quantitative estimate of drug-likeness (QED) is 0.574. The Bertz CT molecular complexity index is 434. The zero-order chi connectivity index (χ0) is 13.4. The first-order valence-corrected chi connectivity index (χ1v) is 6.68. The lowest BCUT2D eigenvalue weighted by molar-refractivity contribution is 0.250. The van der Waals surface area contributed by atoms with Crippen molar-refractivity contribution in [2.45, 2.75) is 26.7 Å². The van der Waals surface area contributed by atoms with Crippen LogP contribution in [-0.4, -0.2) is 12.5 Å². The van der Waals surface area contributed by atoms with Gasteiger partial charge in [0.1, 0.15) is 11.6 Å². The predicted octanol–water partition coefficient (Wildman–Crippen LogP) is 4.23. The fourth-order valence-electron chi connectivity index (χ4n) is 1.66. The summed E-state index contributed by atoms with van der Waals surface area (Å²) in [5.74, 6) is 6.51. The average molecular weight is 269 g/mol. The highest BCUT2D eigenvalue weighted by Gasteiger charge is 2.06. The molecule has 0 radical (unpaired) electrons. The Kier molecular flexibility index (Phi) is 6.60. The van der Waals surface area contributed by atoms with Crippen molar-refractivity contribution in [2.75, 3.05) is 12.5 Å². The van der Waals surface area contributed by atoms with Gasteiger partial charge < -0.3 is 4.74 Å². The lowest BCUT2D eigenvalue weighted by atomic mass is 10.1. The average Bonchev–Trinajstić information content (AvgIpc) is 2.35. The van der Waals surface area contributed by atoms with Gasteiger partial charge in [-0.2, -0.15) is 0 Å². The molecule has 1 nitrogen and oxygen atoms in total. The van der Waals surface area contributed by atoms with Crippen LogP contribution >= 0.6 is 11.6 Å². The summed E-state index contributed by atoms with van der Waals surface area (Å²) in [6.07, 6.45) is 2.21. The van der Waals surface area contributed by atoms with E-state index in [0.717, 1.165) is 12.8 Å². The molecule has 0 aliphatic rings. The fraction of sp³-hybridized carbons (Fsp3) is 0.467. The Morgan fingerprint density at radius 2 is 2.22 bits per heavy atom. The summed E-state index contributed by atoms with van der Waals surface area (Å²) in [5.41, 5.74) is 0.681. The molecule has 0 amide bonds. The molecule has 0 aliphatic carbocycles. The Morgan fingerprint density at radius 1 is 1.44 bits per heavy atom.